The number of para-hydroxylation sites is 1. The second-order valence-corrected chi connectivity index (χ2v) is 5.74. The molecule has 7 heteroatoms. The van der Waals surface area contributed by atoms with Gasteiger partial charge >= 0.3 is 5.97 Å². The monoisotopic (exact) mass is 373 g/mol. The Morgan fingerprint density at radius 2 is 1.85 bits per heavy atom. The lowest BCUT2D eigenvalue weighted by Gasteiger charge is -2.14. The molecule has 0 fully saturated rings. The number of benzene rings is 2. The largest absolute Gasteiger partial charge is 0.481 e. The van der Waals surface area contributed by atoms with Gasteiger partial charge in [-0.2, -0.15) is 0 Å². The Morgan fingerprint density at radius 3 is 2.56 bits per heavy atom. The Labute approximate surface area is 156 Å². The van der Waals surface area contributed by atoms with Crippen molar-refractivity contribution in [3.05, 3.63) is 65.5 Å². The molecule has 142 valence electrons. The summed E-state index contributed by atoms with van der Waals surface area (Å²) in [4.78, 5) is 34.7. The molecule has 1 atom stereocenters. The third-order valence-electron chi connectivity index (χ3n) is 3.70. The Balaban J connectivity index is 1.72. The first kappa shape index (κ1) is 20.1. The molecule has 2 rings (SSSR count). The standard InChI is InChI=1S/C20H20FNO5/c1-14(20(25)22-11-10-15-6-8-17(21)9-7-15)27-19(24)13-26-18-5-3-2-4-16(18)12-23/h2-9,12,14H,10-11,13H2,1H3,(H,22,25)/t14-/m1/s1. The number of aldehydes is 1. The minimum absolute atomic E-state index is 0.265. The quantitative estimate of drug-likeness (QED) is 0.539. The van der Waals surface area contributed by atoms with Gasteiger partial charge in [0.1, 0.15) is 11.6 Å². The summed E-state index contributed by atoms with van der Waals surface area (Å²) in [5.74, 6) is -1.22. The van der Waals surface area contributed by atoms with Crippen LogP contribution in [0.15, 0.2) is 48.5 Å². The van der Waals surface area contributed by atoms with Crippen molar-refractivity contribution in [3.8, 4) is 5.75 Å². The summed E-state index contributed by atoms with van der Waals surface area (Å²) in [6, 6.07) is 12.4. The van der Waals surface area contributed by atoms with Crippen molar-refractivity contribution in [1.29, 1.82) is 0 Å². The number of rotatable bonds is 9. The van der Waals surface area contributed by atoms with Gasteiger partial charge in [0.25, 0.3) is 5.91 Å². The van der Waals surface area contributed by atoms with E-state index in [1.165, 1.54) is 19.1 Å². The molecule has 0 saturated carbocycles. The van der Waals surface area contributed by atoms with Crippen LogP contribution >= 0.6 is 0 Å². The minimum Gasteiger partial charge on any atom is -0.481 e. The van der Waals surface area contributed by atoms with Crippen molar-refractivity contribution in [1.82, 2.24) is 5.32 Å². The molecule has 0 aliphatic heterocycles. The van der Waals surface area contributed by atoms with E-state index in [-0.39, 0.29) is 11.6 Å². The summed E-state index contributed by atoms with van der Waals surface area (Å²) in [5.41, 5.74) is 1.19. The molecule has 0 saturated heterocycles. The van der Waals surface area contributed by atoms with Gasteiger partial charge in [-0.3, -0.25) is 9.59 Å². The van der Waals surface area contributed by atoms with Crippen molar-refractivity contribution < 1.29 is 28.2 Å². The number of carbonyl (C=O) groups is 3. The summed E-state index contributed by atoms with van der Waals surface area (Å²) < 4.78 is 23.1. The lowest BCUT2D eigenvalue weighted by molar-refractivity contribution is -0.156. The van der Waals surface area contributed by atoms with Gasteiger partial charge in [0.05, 0.1) is 5.56 Å². The number of halogens is 1. The molecule has 0 unspecified atom stereocenters. The molecule has 1 N–H and O–H groups in total. The molecule has 6 nitrogen and oxygen atoms in total. The normalized spacial score (nSPS) is 11.3. The molecule has 0 radical (unpaired) electrons. The molecular formula is C20H20FNO5. The molecular weight excluding hydrogens is 353 g/mol. The fourth-order valence-corrected chi connectivity index (χ4v) is 2.26. The van der Waals surface area contributed by atoms with Crippen molar-refractivity contribution >= 4 is 18.2 Å². The first-order valence-corrected chi connectivity index (χ1v) is 8.38. The first-order chi connectivity index (χ1) is 13.0. The fraction of sp³-hybridized carbons (Fsp3) is 0.250. The first-order valence-electron chi connectivity index (χ1n) is 8.38. The van der Waals surface area contributed by atoms with Gasteiger partial charge in [0.2, 0.25) is 0 Å². The molecule has 0 bridgehead atoms. The van der Waals surface area contributed by atoms with E-state index in [9.17, 15) is 18.8 Å². The summed E-state index contributed by atoms with van der Waals surface area (Å²) >= 11 is 0. The average molecular weight is 373 g/mol. The zero-order valence-electron chi connectivity index (χ0n) is 14.8. The number of esters is 1. The van der Waals surface area contributed by atoms with E-state index >= 15 is 0 Å². The van der Waals surface area contributed by atoms with E-state index in [0.717, 1.165) is 5.56 Å². The van der Waals surface area contributed by atoms with Gasteiger partial charge in [-0.25, -0.2) is 9.18 Å². The molecule has 0 aliphatic rings. The second-order valence-electron chi connectivity index (χ2n) is 5.74. The smallest absolute Gasteiger partial charge is 0.344 e. The van der Waals surface area contributed by atoms with E-state index in [4.69, 9.17) is 9.47 Å². The number of nitrogens with one attached hydrogen (secondary N) is 1. The highest BCUT2D eigenvalue weighted by Crippen LogP contribution is 2.15. The lowest BCUT2D eigenvalue weighted by Crippen LogP contribution is -2.37. The van der Waals surface area contributed by atoms with Gasteiger partial charge < -0.3 is 14.8 Å². The highest BCUT2D eigenvalue weighted by molar-refractivity contribution is 5.84. The molecule has 0 aliphatic carbocycles. The molecule has 1 amide bonds. The Morgan fingerprint density at radius 1 is 1.15 bits per heavy atom. The van der Waals surface area contributed by atoms with Crippen LogP contribution in [0.5, 0.6) is 5.75 Å². The predicted octanol–water partition coefficient (Wildman–Crippen LogP) is 2.31. The zero-order chi connectivity index (χ0) is 19.6. The number of hydrogen-bond donors (Lipinski definition) is 1. The number of amides is 1. The topological polar surface area (TPSA) is 81.7 Å². The Kier molecular flexibility index (Phi) is 7.49. The van der Waals surface area contributed by atoms with E-state index < -0.39 is 24.6 Å². The van der Waals surface area contributed by atoms with Gasteiger partial charge in [-0.1, -0.05) is 24.3 Å². The number of carbonyl (C=O) groups excluding carboxylic acids is 3. The molecule has 0 heterocycles. The summed E-state index contributed by atoms with van der Waals surface area (Å²) in [6.07, 6.45) is 0.159. The van der Waals surface area contributed by atoms with Crippen LogP contribution in [0, 0.1) is 5.82 Å². The molecule has 27 heavy (non-hydrogen) atoms. The molecule has 0 aromatic heterocycles. The Bertz CT molecular complexity index is 791. The second kappa shape index (κ2) is 10.1. The zero-order valence-corrected chi connectivity index (χ0v) is 14.8. The molecule has 2 aromatic rings. The van der Waals surface area contributed by atoms with Gasteiger partial charge in [0.15, 0.2) is 19.0 Å². The van der Waals surface area contributed by atoms with Crippen molar-refractivity contribution in [2.75, 3.05) is 13.2 Å². The highest BCUT2D eigenvalue weighted by atomic mass is 19.1. The van der Waals surface area contributed by atoms with Crippen LogP contribution in [0.3, 0.4) is 0 Å². The number of hydrogen-bond acceptors (Lipinski definition) is 5. The van der Waals surface area contributed by atoms with Crippen molar-refractivity contribution in [2.45, 2.75) is 19.4 Å². The summed E-state index contributed by atoms with van der Waals surface area (Å²) in [7, 11) is 0. The third kappa shape index (κ3) is 6.54. The fourth-order valence-electron chi connectivity index (χ4n) is 2.26. The van der Waals surface area contributed by atoms with Crippen LogP contribution in [0.4, 0.5) is 4.39 Å². The maximum absolute atomic E-state index is 12.8. The van der Waals surface area contributed by atoms with E-state index in [2.05, 4.69) is 5.32 Å². The van der Waals surface area contributed by atoms with Crippen molar-refractivity contribution in [3.63, 3.8) is 0 Å². The lowest BCUT2D eigenvalue weighted by atomic mass is 10.1. The van der Waals surface area contributed by atoms with E-state index in [1.807, 2.05) is 0 Å². The van der Waals surface area contributed by atoms with E-state index in [0.29, 0.717) is 24.8 Å². The Hall–Kier alpha value is -3.22. The SMILES string of the molecule is C[C@@H](OC(=O)COc1ccccc1C=O)C(=O)NCCc1ccc(F)cc1. The van der Waals surface area contributed by atoms with Crippen LogP contribution in [0.1, 0.15) is 22.8 Å². The van der Waals surface area contributed by atoms with Crippen LogP contribution in [0.25, 0.3) is 0 Å². The summed E-state index contributed by atoms with van der Waals surface area (Å²) in [6.45, 7) is 1.36. The third-order valence-corrected chi connectivity index (χ3v) is 3.70. The van der Waals surface area contributed by atoms with Crippen LogP contribution in [-0.4, -0.2) is 37.4 Å². The highest BCUT2D eigenvalue weighted by Gasteiger charge is 2.18. The van der Waals surface area contributed by atoms with E-state index in [1.54, 1.807) is 36.4 Å². The maximum Gasteiger partial charge on any atom is 0.344 e. The van der Waals surface area contributed by atoms with Gasteiger partial charge in [-0.05, 0) is 43.2 Å². The average Bonchev–Trinajstić information content (AvgIpc) is 2.68. The van der Waals surface area contributed by atoms with Gasteiger partial charge in [-0.15, -0.1) is 0 Å². The van der Waals surface area contributed by atoms with Crippen LogP contribution in [-0.2, 0) is 20.7 Å². The number of ether oxygens (including phenoxy) is 2. The maximum atomic E-state index is 12.8. The summed E-state index contributed by atoms with van der Waals surface area (Å²) in [5, 5.41) is 2.65. The minimum atomic E-state index is -0.990. The molecule has 2 aromatic carbocycles. The van der Waals surface area contributed by atoms with Gasteiger partial charge in [0, 0.05) is 6.54 Å². The van der Waals surface area contributed by atoms with Crippen LogP contribution in [0.2, 0.25) is 0 Å². The van der Waals surface area contributed by atoms with Crippen LogP contribution < -0.4 is 10.1 Å². The van der Waals surface area contributed by atoms with Crippen molar-refractivity contribution in [2.24, 2.45) is 0 Å². The molecule has 0 spiro atoms. The predicted molar refractivity (Wildman–Crippen MR) is 96.0 cm³/mol.